The van der Waals surface area contributed by atoms with Gasteiger partial charge in [0.15, 0.2) is 5.78 Å². The minimum absolute atomic E-state index is 0. The predicted molar refractivity (Wildman–Crippen MR) is 368 cm³/mol. The Morgan fingerprint density at radius 1 is 0.591 bits per heavy atom. The molecule has 0 saturated carbocycles. The first-order valence-electron chi connectivity index (χ1n) is 28.6. The molecule has 16 nitrogen and oxygen atoms in total. The molecule has 0 aromatic heterocycles. The standard InChI is InChI=1S/C31H30Cl2FN3O4.C20H24N2O3.C17H12Cl2FNO3.CH4.2H2S/c1-19(38)26(11-12-27(39)36(2)17-20-7-4-3-5-8-20)35-30(40)28-25(32)16-24-23(29(28)33)13-14-37(31(24)41)18-21-9-6-10-22(34)15-21;1-22(14-16-8-4-2-5-9-16)19(23)13-12-18(21)20(24)25-15-17-10-6-3-7-11-17;18-13-7-12-11(15(19)14(13)17(23)24)4-5-21(16(12)22)8-9-2-1-3-10(20)6-9;;;/h3-10,15-16,26H,11-14,17-18H2,1-2H3,(H,35,40);2-11,18H,12-15,21H2,1H3;1-3,6-7H,4-5,8H2,(H,23,24);1H4;2*1H2/t26-;18-;;;;/m00..../s1. The van der Waals surface area contributed by atoms with Gasteiger partial charge < -0.3 is 40.5 Å². The molecule has 7 aromatic carbocycles. The number of aromatic carboxylic acids is 1. The van der Waals surface area contributed by atoms with E-state index in [0.29, 0.717) is 61.3 Å². The van der Waals surface area contributed by atoms with Gasteiger partial charge in [-0.15, -0.1) is 0 Å². The highest BCUT2D eigenvalue weighted by Crippen LogP contribution is 2.37. The number of nitrogens with two attached hydrogens (primary N) is 1. The fourth-order valence-electron chi connectivity index (χ4n) is 10.0. The van der Waals surface area contributed by atoms with Gasteiger partial charge in [-0.1, -0.05) is 169 Å². The Kier molecular flexibility index (Phi) is 31.0. The van der Waals surface area contributed by atoms with Crippen molar-refractivity contribution in [3.8, 4) is 0 Å². The molecule has 2 aliphatic heterocycles. The van der Waals surface area contributed by atoms with Crippen molar-refractivity contribution in [3.63, 3.8) is 0 Å². The topological polar surface area (TPSA) is 217 Å². The van der Waals surface area contributed by atoms with Gasteiger partial charge in [-0.2, -0.15) is 27.0 Å². The number of carbonyl (C=O) groups excluding carboxylic acids is 7. The van der Waals surface area contributed by atoms with E-state index >= 15 is 0 Å². The summed E-state index contributed by atoms with van der Waals surface area (Å²) < 4.78 is 32.1. The number of esters is 1. The van der Waals surface area contributed by atoms with E-state index in [1.807, 2.05) is 91.0 Å². The first kappa shape index (κ1) is 77.6. The molecule has 0 aliphatic carbocycles. The molecule has 2 heterocycles. The van der Waals surface area contributed by atoms with Crippen LogP contribution in [0.25, 0.3) is 0 Å². The van der Waals surface area contributed by atoms with Crippen LogP contribution in [0.4, 0.5) is 8.78 Å². The number of carbonyl (C=O) groups is 8. The molecule has 0 radical (unpaired) electrons. The Bertz CT molecular complexity index is 3770. The number of rotatable bonds is 21. The second kappa shape index (κ2) is 37.2. The number of fused-ring (bicyclic) bond motifs is 2. The zero-order valence-corrected chi connectivity index (χ0v) is 55.6. The zero-order chi connectivity index (χ0) is 65.2. The van der Waals surface area contributed by atoms with Crippen LogP contribution in [0.15, 0.2) is 152 Å². The quantitative estimate of drug-likeness (QED) is 0.0575. The summed E-state index contributed by atoms with van der Waals surface area (Å²) in [5.41, 5.74) is 11.4. The fourth-order valence-corrected chi connectivity index (χ4v) is 11.5. The van der Waals surface area contributed by atoms with Gasteiger partial charge in [-0.3, -0.25) is 33.6 Å². The summed E-state index contributed by atoms with van der Waals surface area (Å²) in [7, 11) is 3.43. The second-order valence-electron chi connectivity index (χ2n) is 21.6. The predicted octanol–water partition coefficient (Wildman–Crippen LogP) is 12.8. The Morgan fingerprint density at radius 3 is 1.41 bits per heavy atom. The van der Waals surface area contributed by atoms with Crippen LogP contribution in [0.5, 0.6) is 0 Å². The molecule has 494 valence electrons. The third-order valence-corrected chi connectivity index (χ3v) is 16.3. The van der Waals surface area contributed by atoms with E-state index in [-0.39, 0.29) is 163 Å². The minimum Gasteiger partial charge on any atom is -0.478 e. The van der Waals surface area contributed by atoms with Crippen LogP contribution in [-0.2, 0) is 69.5 Å². The molecule has 7 aromatic rings. The van der Waals surface area contributed by atoms with E-state index in [4.69, 9.17) is 56.9 Å². The first-order valence-corrected chi connectivity index (χ1v) is 30.2. The molecule has 0 fully saturated rings. The summed E-state index contributed by atoms with van der Waals surface area (Å²) in [6, 6.07) is 41.8. The van der Waals surface area contributed by atoms with Crippen molar-refractivity contribution in [1.82, 2.24) is 24.9 Å². The van der Waals surface area contributed by atoms with E-state index < -0.39 is 29.9 Å². The van der Waals surface area contributed by atoms with Crippen molar-refractivity contribution < 1.29 is 57.0 Å². The largest absolute Gasteiger partial charge is 0.478 e. The summed E-state index contributed by atoms with van der Waals surface area (Å²) >= 11 is 25.2. The maximum absolute atomic E-state index is 13.6. The van der Waals surface area contributed by atoms with Crippen LogP contribution < -0.4 is 11.1 Å². The average molecular weight is 1390 g/mol. The lowest BCUT2D eigenvalue weighted by Gasteiger charge is -2.30. The monoisotopic (exact) mass is 1390 g/mol. The maximum atomic E-state index is 13.6. The van der Waals surface area contributed by atoms with E-state index in [0.717, 1.165) is 16.7 Å². The molecule has 93 heavy (non-hydrogen) atoms. The SMILES string of the molecule is C.CC(=O)[C@H](CCC(=O)N(C)Cc1ccccc1)NC(=O)c1c(Cl)cc2c(c1Cl)CCN(Cc1cccc(F)c1)C2=O.CN(Cc1ccccc1)C(=O)CC[C@H](N)C(=O)OCc1ccccc1.O=C(O)c1c(Cl)cc2c(c1Cl)CCN(Cc1cccc(F)c1)C2=O.S.S. The second-order valence-corrected chi connectivity index (χ2v) is 23.1. The molecule has 5 amide bonds. The number of nitrogens with zero attached hydrogens (tertiary/aromatic N) is 4. The summed E-state index contributed by atoms with van der Waals surface area (Å²) in [6.07, 6.45) is 1.41. The van der Waals surface area contributed by atoms with Crippen LogP contribution in [0.2, 0.25) is 20.1 Å². The number of carboxylic acid groups (broad SMARTS) is 1. The van der Waals surface area contributed by atoms with Crippen molar-refractivity contribution in [2.24, 2.45) is 5.73 Å². The van der Waals surface area contributed by atoms with Crippen LogP contribution in [0.1, 0.15) is 120 Å². The number of Topliss-reactive ketones (excluding diaryl/α,β-unsaturated/α-hetero) is 1. The lowest BCUT2D eigenvalue weighted by atomic mass is 9.95. The molecule has 0 saturated heterocycles. The van der Waals surface area contributed by atoms with E-state index in [1.54, 1.807) is 58.0 Å². The number of halogens is 6. The third-order valence-electron chi connectivity index (χ3n) is 14.9. The normalized spacial score (nSPS) is 12.6. The Morgan fingerprint density at radius 2 is 0.989 bits per heavy atom. The molecule has 2 atom stereocenters. The van der Waals surface area contributed by atoms with Gasteiger partial charge in [-0.05, 0) is 108 Å². The molecular formula is C69H74Cl4F2N6O10S2. The van der Waals surface area contributed by atoms with Gasteiger partial charge in [0.2, 0.25) is 11.8 Å². The van der Waals surface area contributed by atoms with Gasteiger partial charge in [0.25, 0.3) is 17.7 Å². The number of ketones is 1. The van der Waals surface area contributed by atoms with Crippen molar-refractivity contribution in [3.05, 3.63) is 245 Å². The smallest absolute Gasteiger partial charge is 0.338 e. The van der Waals surface area contributed by atoms with Crippen molar-refractivity contribution in [1.29, 1.82) is 0 Å². The molecule has 0 unspecified atom stereocenters. The fraction of sp³-hybridized carbons (Fsp3) is 0.275. The number of carboxylic acids is 1. The minimum atomic E-state index is -1.23. The van der Waals surface area contributed by atoms with Gasteiger partial charge >= 0.3 is 11.9 Å². The Hall–Kier alpha value is -7.82. The summed E-state index contributed by atoms with van der Waals surface area (Å²) in [5, 5.41) is 11.8. The number of benzene rings is 7. The van der Waals surface area contributed by atoms with Crippen molar-refractivity contribution in [2.75, 3.05) is 27.2 Å². The lowest BCUT2D eigenvalue weighted by Crippen LogP contribution is -2.41. The molecule has 0 bridgehead atoms. The van der Waals surface area contributed by atoms with Crippen molar-refractivity contribution >= 4 is 121 Å². The maximum Gasteiger partial charge on any atom is 0.338 e. The van der Waals surface area contributed by atoms with Crippen LogP contribution in [0.3, 0.4) is 0 Å². The number of hydrogen-bond donors (Lipinski definition) is 3. The zero-order valence-electron chi connectivity index (χ0n) is 50.5. The molecular weight excluding hydrogens is 1320 g/mol. The van der Waals surface area contributed by atoms with Crippen LogP contribution in [-0.4, -0.2) is 111 Å². The Labute approximate surface area is 574 Å². The van der Waals surface area contributed by atoms with Gasteiger partial charge in [0.05, 0.1) is 37.3 Å². The highest BCUT2D eigenvalue weighted by molar-refractivity contribution is 7.59. The van der Waals surface area contributed by atoms with Gasteiger partial charge in [-0.25, -0.2) is 13.6 Å². The van der Waals surface area contributed by atoms with E-state index in [9.17, 15) is 52.2 Å². The molecule has 2 aliphatic rings. The molecule has 0 spiro atoms. The highest BCUT2D eigenvalue weighted by atomic mass is 35.5. The van der Waals surface area contributed by atoms with Crippen molar-refractivity contribution in [2.45, 2.75) is 97.7 Å². The first-order chi connectivity index (χ1) is 43.0. The van der Waals surface area contributed by atoms with Crippen LogP contribution in [0, 0.1) is 11.6 Å². The number of hydrogen-bond acceptors (Lipinski definition) is 10. The summed E-state index contributed by atoms with van der Waals surface area (Å²) in [5.74, 6) is -4.29. The molecule has 9 rings (SSSR count). The summed E-state index contributed by atoms with van der Waals surface area (Å²) in [4.78, 5) is 106. The number of nitrogens with one attached hydrogen (secondary N) is 1. The summed E-state index contributed by atoms with van der Waals surface area (Å²) in [6.45, 7) is 3.64. The van der Waals surface area contributed by atoms with Gasteiger partial charge in [0, 0.05) is 77.3 Å². The third kappa shape index (κ3) is 21.9. The van der Waals surface area contributed by atoms with Crippen LogP contribution >= 0.6 is 73.4 Å². The molecule has 24 heteroatoms. The van der Waals surface area contributed by atoms with E-state index in [1.165, 1.54) is 43.3 Å². The molecule has 4 N–H and O–H groups in total. The average Bonchev–Trinajstić information content (AvgIpc) is 0.788. The highest BCUT2D eigenvalue weighted by Gasteiger charge is 2.33. The Balaban J connectivity index is 0.000000308. The number of ether oxygens (including phenoxy) is 1. The number of amides is 5. The van der Waals surface area contributed by atoms with E-state index in [2.05, 4.69) is 5.32 Å². The van der Waals surface area contributed by atoms with Gasteiger partial charge in [0.1, 0.15) is 24.3 Å². The lowest BCUT2D eigenvalue weighted by molar-refractivity contribution is -0.147.